The standard InChI is InChI=1S/C19H21FN6O2S/c1-24(2)8-7-21-16(27)9-14-11-29-19-23-17-15(18(28)25(14)19)10-22-26(17)13-5-3-12(20)4-6-13/h3-6,10,14H,7-9,11H2,1-2H3,(H,21,27)/t14-/m1/s1. The lowest BCUT2D eigenvalue weighted by atomic mass is 10.2. The Kier molecular flexibility index (Phi) is 5.37. The molecule has 1 amide bonds. The van der Waals surface area contributed by atoms with Gasteiger partial charge < -0.3 is 10.2 Å². The maximum atomic E-state index is 13.2. The van der Waals surface area contributed by atoms with Gasteiger partial charge in [-0.1, -0.05) is 11.8 Å². The summed E-state index contributed by atoms with van der Waals surface area (Å²) in [6.45, 7) is 1.32. The Bertz CT molecular complexity index is 1110. The van der Waals surface area contributed by atoms with Crippen LogP contribution in [0.5, 0.6) is 0 Å². The molecule has 0 aliphatic carbocycles. The molecule has 8 nitrogen and oxygen atoms in total. The van der Waals surface area contributed by atoms with E-state index < -0.39 is 0 Å². The first kappa shape index (κ1) is 19.6. The van der Waals surface area contributed by atoms with E-state index in [1.54, 1.807) is 16.7 Å². The summed E-state index contributed by atoms with van der Waals surface area (Å²) >= 11 is 1.45. The largest absolute Gasteiger partial charge is 0.355 e. The number of carbonyl (C=O) groups excluding carboxylic acids is 1. The summed E-state index contributed by atoms with van der Waals surface area (Å²) in [7, 11) is 3.89. The van der Waals surface area contributed by atoms with E-state index in [1.165, 1.54) is 34.8 Å². The summed E-state index contributed by atoms with van der Waals surface area (Å²) in [6.07, 6.45) is 1.70. The molecule has 0 fully saturated rings. The number of nitrogens with one attached hydrogen (secondary N) is 1. The lowest BCUT2D eigenvalue weighted by Gasteiger charge is -2.14. The number of amides is 1. The number of fused-ring (bicyclic) bond motifs is 2. The molecule has 1 aromatic carbocycles. The van der Waals surface area contributed by atoms with Gasteiger partial charge in [0, 0.05) is 25.3 Å². The number of carbonyl (C=O) groups is 1. The zero-order chi connectivity index (χ0) is 20.5. The van der Waals surface area contributed by atoms with Crippen molar-refractivity contribution in [3.05, 3.63) is 46.6 Å². The molecule has 0 unspecified atom stereocenters. The molecule has 4 rings (SSSR count). The molecule has 0 bridgehead atoms. The Morgan fingerprint density at radius 1 is 1.34 bits per heavy atom. The molecule has 3 aromatic rings. The summed E-state index contributed by atoms with van der Waals surface area (Å²) < 4.78 is 16.3. The fraction of sp³-hybridized carbons (Fsp3) is 0.368. The normalized spacial score (nSPS) is 15.8. The number of benzene rings is 1. The number of aromatic nitrogens is 4. The molecule has 0 saturated heterocycles. The highest BCUT2D eigenvalue weighted by molar-refractivity contribution is 7.99. The molecule has 10 heteroatoms. The van der Waals surface area contributed by atoms with Gasteiger partial charge >= 0.3 is 0 Å². The van der Waals surface area contributed by atoms with Crippen molar-refractivity contribution in [2.45, 2.75) is 17.6 Å². The number of thioether (sulfide) groups is 1. The van der Waals surface area contributed by atoms with Gasteiger partial charge in [-0.3, -0.25) is 14.2 Å². The highest BCUT2D eigenvalue weighted by Crippen LogP contribution is 2.33. The Balaban J connectivity index is 1.61. The molecule has 1 atom stereocenters. The van der Waals surface area contributed by atoms with Crippen LogP contribution in [0.2, 0.25) is 0 Å². The predicted octanol–water partition coefficient (Wildman–Crippen LogP) is 1.44. The number of hydrogen-bond donors (Lipinski definition) is 1. The average Bonchev–Trinajstić information content (AvgIpc) is 3.27. The fourth-order valence-corrected chi connectivity index (χ4v) is 4.39. The van der Waals surface area contributed by atoms with Crippen molar-refractivity contribution in [3.63, 3.8) is 0 Å². The maximum Gasteiger partial charge on any atom is 0.265 e. The highest BCUT2D eigenvalue weighted by Gasteiger charge is 2.29. The Labute approximate surface area is 170 Å². The first-order chi connectivity index (χ1) is 13.9. The van der Waals surface area contributed by atoms with Gasteiger partial charge in [0.2, 0.25) is 5.91 Å². The zero-order valence-corrected chi connectivity index (χ0v) is 16.9. The smallest absolute Gasteiger partial charge is 0.265 e. The van der Waals surface area contributed by atoms with Crippen LogP contribution in [0, 0.1) is 5.82 Å². The van der Waals surface area contributed by atoms with Crippen molar-refractivity contribution >= 4 is 28.7 Å². The molecule has 0 saturated carbocycles. The molecule has 29 heavy (non-hydrogen) atoms. The van der Waals surface area contributed by atoms with Crippen LogP contribution in [-0.4, -0.2) is 63.1 Å². The second-order valence-electron chi connectivity index (χ2n) is 7.16. The average molecular weight is 416 g/mol. The van der Waals surface area contributed by atoms with Crippen molar-refractivity contribution in [3.8, 4) is 5.69 Å². The summed E-state index contributed by atoms with van der Waals surface area (Å²) in [5.74, 6) is 0.181. The van der Waals surface area contributed by atoms with Crippen molar-refractivity contribution in [2.75, 3.05) is 32.9 Å². The van der Waals surface area contributed by atoms with Crippen LogP contribution < -0.4 is 10.9 Å². The van der Waals surface area contributed by atoms with Gasteiger partial charge in [0.05, 0.1) is 17.9 Å². The van der Waals surface area contributed by atoms with Crippen LogP contribution in [0.25, 0.3) is 16.7 Å². The van der Waals surface area contributed by atoms with Crippen molar-refractivity contribution in [2.24, 2.45) is 0 Å². The summed E-state index contributed by atoms with van der Waals surface area (Å²) in [5.41, 5.74) is 0.837. The molecule has 1 aliphatic heterocycles. The zero-order valence-electron chi connectivity index (χ0n) is 16.1. The number of hydrogen-bond acceptors (Lipinski definition) is 6. The molecule has 1 aliphatic rings. The molecular formula is C19H21FN6O2S. The monoisotopic (exact) mass is 416 g/mol. The minimum atomic E-state index is -0.346. The van der Waals surface area contributed by atoms with Gasteiger partial charge in [-0.25, -0.2) is 14.1 Å². The molecular weight excluding hydrogens is 395 g/mol. The van der Waals surface area contributed by atoms with E-state index >= 15 is 0 Å². The van der Waals surface area contributed by atoms with E-state index in [4.69, 9.17) is 0 Å². The first-order valence-electron chi connectivity index (χ1n) is 9.24. The van der Waals surface area contributed by atoms with Crippen LogP contribution in [-0.2, 0) is 4.79 Å². The third-order valence-electron chi connectivity index (χ3n) is 4.74. The van der Waals surface area contributed by atoms with Gasteiger partial charge in [0.1, 0.15) is 11.2 Å². The third-order valence-corrected chi connectivity index (χ3v) is 5.84. The molecule has 0 radical (unpaired) electrons. The van der Waals surface area contributed by atoms with E-state index in [0.717, 1.165) is 6.54 Å². The van der Waals surface area contributed by atoms with Crippen LogP contribution in [0.1, 0.15) is 12.5 Å². The van der Waals surface area contributed by atoms with E-state index in [0.29, 0.717) is 34.2 Å². The number of halogens is 1. The first-order valence-corrected chi connectivity index (χ1v) is 10.2. The highest BCUT2D eigenvalue weighted by atomic mass is 32.2. The Hall–Kier alpha value is -2.72. The summed E-state index contributed by atoms with van der Waals surface area (Å²) in [6, 6.07) is 5.60. The topological polar surface area (TPSA) is 85.1 Å². The van der Waals surface area contributed by atoms with E-state index in [2.05, 4.69) is 15.4 Å². The van der Waals surface area contributed by atoms with Gasteiger partial charge in [0.15, 0.2) is 10.8 Å². The SMILES string of the molecule is CN(C)CCNC(=O)C[C@@H]1CSc2nc3c(cnn3-c3ccc(F)cc3)c(=O)n21. The Morgan fingerprint density at radius 3 is 2.83 bits per heavy atom. The van der Waals surface area contributed by atoms with E-state index in [1.807, 2.05) is 19.0 Å². The minimum absolute atomic E-state index is 0.0840. The Morgan fingerprint density at radius 2 is 2.10 bits per heavy atom. The van der Waals surface area contributed by atoms with Gasteiger partial charge in [-0.15, -0.1) is 0 Å². The molecule has 0 spiro atoms. The summed E-state index contributed by atoms with van der Waals surface area (Å²) in [5, 5.41) is 8.09. The number of nitrogens with zero attached hydrogens (tertiary/aromatic N) is 5. The van der Waals surface area contributed by atoms with Gasteiger partial charge in [-0.05, 0) is 38.4 Å². The molecule has 152 valence electrons. The van der Waals surface area contributed by atoms with E-state index in [-0.39, 0.29) is 29.7 Å². The van der Waals surface area contributed by atoms with Gasteiger partial charge in [0.25, 0.3) is 5.56 Å². The minimum Gasteiger partial charge on any atom is -0.355 e. The predicted molar refractivity (Wildman–Crippen MR) is 109 cm³/mol. The van der Waals surface area contributed by atoms with Crippen molar-refractivity contribution < 1.29 is 9.18 Å². The quantitative estimate of drug-likeness (QED) is 0.612. The number of likely N-dealkylation sites (N-methyl/N-ethyl adjacent to an activating group) is 1. The van der Waals surface area contributed by atoms with Crippen LogP contribution in [0.3, 0.4) is 0 Å². The van der Waals surface area contributed by atoms with Crippen molar-refractivity contribution in [1.29, 1.82) is 0 Å². The molecule has 3 heterocycles. The lowest BCUT2D eigenvalue weighted by Crippen LogP contribution is -2.34. The molecule has 2 aromatic heterocycles. The lowest BCUT2D eigenvalue weighted by molar-refractivity contribution is -0.121. The van der Waals surface area contributed by atoms with Crippen LogP contribution in [0.15, 0.2) is 40.4 Å². The van der Waals surface area contributed by atoms with Gasteiger partial charge in [-0.2, -0.15) is 5.10 Å². The fourth-order valence-electron chi connectivity index (χ4n) is 3.26. The second kappa shape index (κ2) is 7.96. The second-order valence-corrected chi connectivity index (χ2v) is 8.15. The van der Waals surface area contributed by atoms with Crippen LogP contribution >= 0.6 is 11.8 Å². The third kappa shape index (κ3) is 3.90. The summed E-state index contributed by atoms with van der Waals surface area (Å²) in [4.78, 5) is 31.9. The number of rotatable bonds is 6. The van der Waals surface area contributed by atoms with Crippen molar-refractivity contribution in [1.82, 2.24) is 29.5 Å². The maximum absolute atomic E-state index is 13.2. The van der Waals surface area contributed by atoms with Crippen LogP contribution in [0.4, 0.5) is 4.39 Å². The molecule has 1 N–H and O–H groups in total. The van der Waals surface area contributed by atoms with E-state index in [9.17, 15) is 14.0 Å².